The largest absolute Gasteiger partial charge is 0.416 e. The average molecular weight is 482 g/mol. The van der Waals surface area contributed by atoms with E-state index >= 15 is 0 Å². The van der Waals surface area contributed by atoms with Crippen molar-refractivity contribution in [3.8, 4) is 0 Å². The first kappa shape index (κ1) is 24.5. The van der Waals surface area contributed by atoms with Gasteiger partial charge in [0.1, 0.15) is 16.2 Å². The van der Waals surface area contributed by atoms with E-state index in [4.69, 9.17) is 0 Å². The second kappa shape index (κ2) is 9.38. The highest BCUT2D eigenvalue weighted by Gasteiger charge is 2.30. The number of nitrogens with one attached hydrogen (secondary N) is 1. The first-order chi connectivity index (χ1) is 15.4. The van der Waals surface area contributed by atoms with Gasteiger partial charge in [-0.05, 0) is 24.1 Å². The normalized spacial score (nSPS) is 11.9. The Morgan fingerprint density at radius 1 is 1.15 bits per heavy atom. The highest BCUT2D eigenvalue weighted by molar-refractivity contribution is 8.00. The number of amides is 1. The van der Waals surface area contributed by atoms with Crippen LogP contribution in [0.2, 0.25) is 0 Å². The van der Waals surface area contributed by atoms with Crippen LogP contribution in [0.3, 0.4) is 0 Å². The van der Waals surface area contributed by atoms with Gasteiger partial charge in [-0.25, -0.2) is 14.8 Å². The fourth-order valence-corrected chi connectivity index (χ4v) is 3.97. The van der Waals surface area contributed by atoms with E-state index < -0.39 is 28.9 Å². The topological polar surface area (TPSA) is 98.9 Å². The Morgan fingerprint density at radius 2 is 1.85 bits per heavy atom. The third-order valence-corrected chi connectivity index (χ3v) is 5.69. The number of fused-ring (bicyclic) bond motifs is 1. The average Bonchev–Trinajstić information content (AvgIpc) is 2.73. The quantitative estimate of drug-likeness (QED) is 0.429. The first-order valence-corrected chi connectivity index (χ1v) is 10.9. The molecule has 0 aliphatic rings. The van der Waals surface area contributed by atoms with E-state index in [1.165, 1.54) is 30.8 Å². The van der Waals surface area contributed by atoms with Crippen molar-refractivity contribution in [1.29, 1.82) is 0 Å². The molecule has 1 amide bonds. The minimum Gasteiger partial charge on any atom is -0.325 e. The first-order valence-electron chi connectivity index (χ1n) is 9.95. The van der Waals surface area contributed by atoms with Gasteiger partial charge in [0, 0.05) is 26.2 Å². The minimum absolute atomic E-state index is 0.00165. The molecule has 0 saturated heterocycles. The maximum Gasteiger partial charge on any atom is 0.416 e. The summed E-state index contributed by atoms with van der Waals surface area (Å²) in [4.78, 5) is 46.3. The fourth-order valence-electron chi connectivity index (χ4n) is 3.14. The number of rotatable bonds is 6. The van der Waals surface area contributed by atoms with Crippen LogP contribution >= 0.6 is 11.8 Å². The zero-order valence-electron chi connectivity index (χ0n) is 18.4. The Hall–Kier alpha value is -3.15. The van der Waals surface area contributed by atoms with Crippen molar-refractivity contribution >= 4 is 34.4 Å². The standard InChI is InChI=1S/C21H22F3N5O3S/c1-11(2)8-14-26-17-16(19(31)29(4)20(32)28(17)3)18(27-14)33-10-15(30)25-13-7-5-6-12(9-13)21(22,23)24/h5-7,9,11H,8,10H2,1-4H3,(H,25,30). The zero-order valence-corrected chi connectivity index (χ0v) is 19.2. The number of carbonyl (C=O) groups excluding carboxylic acids is 1. The number of benzene rings is 1. The lowest BCUT2D eigenvalue weighted by atomic mass is 10.1. The van der Waals surface area contributed by atoms with Crippen LogP contribution < -0.4 is 16.6 Å². The third kappa shape index (κ3) is 5.44. The second-order valence-corrected chi connectivity index (χ2v) is 8.83. The van der Waals surface area contributed by atoms with Crippen molar-refractivity contribution in [2.45, 2.75) is 31.5 Å². The van der Waals surface area contributed by atoms with E-state index in [2.05, 4.69) is 15.3 Å². The molecule has 0 bridgehead atoms. The Morgan fingerprint density at radius 3 is 2.48 bits per heavy atom. The SMILES string of the molecule is CC(C)Cc1nc(SCC(=O)Nc2cccc(C(F)(F)F)c2)c2c(=O)n(C)c(=O)n(C)c2n1. The summed E-state index contributed by atoms with van der Waals surface area (Å²) in [5.41, 5.74) is -1.85. The number of halogens is 3. The van der Waals surface area contributed by atoms with E-state index in [0.29, 0.717) is 12.2 Å². The van der Waals surface area contributed by atoms with Crippen molar-refractivity contribution in [3.63, 3.8) is 0 Å². The molecule has 12 heteroatoms. The molecule has 1 N–H and O–H groups in total. The van der Waals surface area contributed by atoms with Crippen LogP contribution in [0.4, 0.5) is 18.9 Å². The van der Waals surface area contributed by atoms with Gasteiger partial charge in [0.05, 0.1) is 11.3 Å². The molecule has 176 valence electrons. The van der Waals surface area contributed by atoms with Gasteiger partial charge in [-0.1, -0.05) is 31.7 Å². The van der Waals surface area contributed by atoms with Gasteiger partial charge in [0.2, 0.25) is 5.91 Å². The Balaban J connectivity index is 1.93. The maximum atomic E-state index is 12.9. The number of nitrogens with zero attached hydrogens (tertiary/aromatic N) is 4. The van der Waals surface area contributed by atoms with Crippen LogP contribution in [0, 0.1) is 5.92 Å². The molecular weight excluding hydrogens is 459 g/mol. The molecule has 0 atom stereocenters. The van der Waals surface area contributed by atoms with Gasteiger partial charge in [0.15, 0.2) is 5.65 Å². The number of hydrogen-bond donors (Lipinski definition) is 1. The Bertz CT molecular complexity index is 1330. The van der Waals surface area contributed by atoms with Gasteiger partial charge < -0.3 is 5.32 Å². The van der Waals surface area contributed by atoms with E-state index in [-0.39, 0.29) is 33.4 Å². The van der Waals surface area contributed by atoms with Crippen LogP contribution in [-0.4, -0.2) is 30.8 Å². The molecule has 0 spiro atoms. The number of anilines is 1. The van der Waals surface area contributed by atoms with Gasteiger partial charge in [-0.3, -0.25) is 18.7 Å². The molecule has 0 aliphatic carbocycles. The highest BCUT2D eigenvalue weighted by atomic mass is 32.2. The molecular formula is C21H22F3N5O3S. The lowest BCUT2D eigenvalue weighted by molar-refractivity contribution is -0.137. The number of hydrogen-bond acceptors (Lipinski definition) is 6. The van der Waals surface area contributed by atoms with Crippen LogP contribution in [-0.2, 0) is 31.5 Å². The molecule has 0 unspecified atom stereocenters. The van der Waals surface area contributed by atoms with Gasteiger partial charge >= 0.3 is 11.9 Å². The van der Waals surface area contributed by atoms with Crippen molar-refractivity contribution in [3.05, 3.63) is 56.5 Å². The molecule has 0 fully saturated rings. The summed E-state index contributed by atoms with van der Waals surface area (Å²) in [7, 11) is 2.83. The summed E-state index contributed by atoms with van der Waals surface area (Å²) in [6.07, 6.45) is -4.04. The molecule has 0 saturated carbocycles. The molecule has 33 heavy (non-hydrogen) atoms. The highest BCUT2D eigenvalue weighted by Crippen LogP contribution is 2.31. The van der Waals surface area contributed by atoms with Crippen LogP contribution in [0.25, 0.3) is 11.0 Å². The monoisotopic (exact) mass is 481 g/mol. The Kier molecular flexibility index (Phi) is 6.96. The fraction of sp³-hybridized carbons (Fsp3) is 0.381. The molecule has 1 aromatic carbocycles. The molecule has 0 aliphatic heterocycles. The van der Waals surface area contributed by atoms with Crippen LogP contribution in [0.1, 0.15) is 25.2 Å². The number of aromatic nitrogens is 4. The van der Waals surface area contributed by atoms with E-state index in [1.807, 2.05) is 13.8 Å². The molecule has 3 rings (SSSR count). The summed E-state index contributed by atoms with van der Waals surface area (Å²) < 4.78 is 40.9. The van der Waals surface area contributed by atoms with Crippen molar-refractivity contribution < 1.29 is 18.0 Å². The molecule has 2 aromatic heterocycles. The predicted molar refractivity (Wildman–Crippen MR) is 119 cm³/mol. The van der Waals surface area contributed by atoms with E-state index in [0.717, 1.165) is 28.5 Å². The number of alkyl halides is 3. The summed E-state index contributed by atoms with van der Waals surface area (Å²) in [5.74, 6) is -0.164. The van der Waals surface area contributed by atoms with Crippen LogP contribution in [0.15, 0.2) is 38.9 Å². The van der Waals surface area contributed by atoms with Crippen LogP contribution in [0.5, 0.6) is 0 Å². The second-order valence-electron chi connectivity index (χ2n) is 7.86. The molecule has 2 heterocycles. The molecule has 0 radical (unpaired) electrons. The van der Waals surface area contributed by atoms with Crippen molar-refractivity contribution in [2.75, 3.05) is 11.1 Å². The minimum atomic E-state index is -4.53. The van der Waals surface area contributed by atoms with Gasteiger partial charge in [-0.2, -0.15) is 13.2 Å². The number of carbonyl (C=O) groups is 1. The number of aryl methyl sites for hydroxylation is 1. The zero-order chi connectivity index (χ0) is 24.5. The van der Waals surface area contributed by atoms with Crippen molar-refractivity contribution in [1.82, 2.24) is 19.1 Å². The summed E-state index contributed by atoms with van der Waals surface area (Å²) in [6, 6.07) is 4.30. The lowest BCUT2D eigenvalue weighted by Crippen LogP contribution is -2.38. The summed E-state index contributed by atoms with van der Waals surface area (Å²) in [5, 5.41) is 2.75. The maximum absolute atomic E-state index is 12.9. The van der Waals surface area contributed by atoms with E-state index in [1.54, 1.807) is 0 Å². The Labute approximate surface area is 190 Å². The summed E-state index contributed by atoms with van der Waals surface area (Å²) in [6.45, 7) is 3.93. The molecule has 3 aromatic rings. The number of thioether (sulfide) groups is 1. The van der Waals surface area contributed by atoms with Crippen molar-refractivity contribution in [2.24, 2.45) is 20.0 Å². The predicted octanol–water partition coefficient (Wildman–Crippen LogP) is 2.98. The van der Waals surface area contributed by atoms with Gasteiger partial charge in [0.25, 0.3) is 5.56 Å². The van der Waals surface area contributed by atoms with Gasteiger partial charge in [-0.15, -0.1) is 0 Å². The summed E-state index contributed by atoms with van der Waals surface area (Å²) >= 11 is 0.952. The third-order valence-electron chi connectivity index (χ3n) is 4.72. The molecule has 8 nitrogen and oxygen atoms in total. The lowest BCUT2D eigenvalue weighted by Gasteiger charge is -2.13. The smallest absolute Gasteiger partial charge is 0.325 e. The van der Waals surface area contributed by atoms with E-state index in [9.17, 15) is 27.6 Å².